The number of pyridine rings is 1. The Morgan fingerprint density at radius 3 is 2.85 bits per heavy atom. The van der Waals surface area contributed by atoms with Crippen molar-refractivity contribution >= 4 is 17.2 Å². The van der Waals surface area contributed by atoms with E-state index in [-0.39, 0.29) is 47.0 Å². The Hall–Kier alpha value is -0.146. The van der Waals surface area contributed by atoms with E-state index >= 15 is 0 Å². The summed E-state index contributed by atoms with van der Waals surface area (Å²) in [7, 11) is 0. The number of imidazole rings is 1. The summed E-state index contributed by atoms with van der Waals surface area (Å²) >= 11 is 0. The number of nitrogens with one attached hydrogen (secondary N) is 1. The van der Waals surface area contributed by atoms with E-state index in [4.69, 9.17) is 0 Å². The van der Waals surface area contributed by atoms with Gasteiger partial charge in [0.25, 0.3) is 0 Å². The smallest absolute Gasteiger partial charge is 0.177 e. The molecule has 2 rings (SSSR count). The number of aromatic amines is 1. The van der Waals surface area contributed by atoms with Crippen LogP contribution in [0.25, 0.3) is 17.2 Å². The third kappa shape index (κ3) is 2.65. The van der Waals surface area contributed by atoms with E-state index in [1.807, 2.05) is 12.1 Å². The second-order valence-electron chi connectivity index (χ2n) is 2.21. The Balaban J connectivity index is 0.000000720. The molecular weight excluding hydrogens is 470 g/mol. The first-order valence-electron chi connectivity index (χ1n) is 3.33. The molecule has 0 unspecified atom stereocenters. The number of aromatic nitrogens is 3. The molecule has 0 aromatic carbocycles. The van der Waals surface area contributed by atoms with E-state index in [9.17, 15) is 0 Å². The maximum Gasteiger partial charge on any atom is 0.177 e. The van der Waals surface area contributed by atoms with Crippen LogP contribution in [0.15, 0.2) is 25.0 Å². The molecule has 2 aromatic heterocycles. The van der Waals surface area contributed by atoms with E-state index in [2.05, 4.69) is 21.5 Å². The third-order valence-electron chi connectivity index (χ3n) is 1.51. The third-order valence-corrected chi connectivity index (χ3v) is 1.51. The fourth-order valence-corrected chi connectivity index (χ4v) is 0.951. The maximum atomic E-state index is 4.19. The molecule has 0 aliphatic carbocycles. The number of hydrogen-bond donors (Lipinski definition) is 1. The van der Waals surface area contributed by atoms with Crippen molar-refractivity contribution in [2.75, 3.05) is 0 Å². The normalized spacial score (nSPS) is 8.62. The number of hydrogen-bond acceptors (Lipinski definition) is 2. The molecule has 13 heavy (non-hydrogen) atoms. The summed E-state index contributed by atoms with van der Waals surface area (Å²) in [5.74, 6) is 0. The molecule has 0 amide bonds. The van der Waals surface area contributed by atoms with Gasteiger partial charge >= 0.3 is 0 Å². The van der Waals surface area contributed by atoms with Crippen LogP contribution < -0.4 is 0 Å². The standard InChI is InChI=1S/C8H7N3.Am.Y/c1-2-6-3-4-7-8(11-6)10-5-9-7;;/h2-5H,1H2,(H,9,10,11);;. The van der Waals surface area contributed by atoms with Crippen molar-refractivity contribution in [1.82, 2.24) is 15.0 Å². The molecule has 0 spiro atoms. The molecule has 0 bridgehead atoms. The second-order valence-corrected chi connectivity index (χ2v) is 2.21. The molecule has 3 nitrogen and oxygen atoms in total. The number of nitrogens with zero attached hydrogens (tertiary/aromatic N) is 2. The van der Waals surface area contributed by atoms with Gasteiger partial charge in [-0.15, -0.1) is 0 Å². The summed E-state index contributed by atoms with van der Waals surface area (Å²) in [4.78, 5) is 11.2. The first-order chi connectivity index (χ1) is 5.40. The Bertz CT molecular complexity index is 399. The average Bonchev–Trinajstić information content (AvgIpc) is 2.50. The van der Waals surface area contributed by atoms with Gasteiger partial charge in [0.1, 0.15) is 0 Å². The van der Waals surface area contributed by atoms with Gasteiger partial charge in [0.15, 0.2) is 5.65 Å². The van der Waals surface area contributed by atoms with Crippen molar-refractivity contribution in [1.29, 1.82) is 0 Å². The van der Waals surface area contributed by atoms with Gasteiger partial charge in [-0.2, -0.15) is 0 Å². The van der Waals surface area contributed by atoms with Crippen LogP contribution in [0.1, 0.15) is 5.69 Å². The van der Waals surface area contributed by atoms with Gasteiger partial charge in [-0.1, -0.05) is 6.58 Å². The SMILES string of the molecule is C=Cc1ccc2[nH]cnc2n1.[Am].[Y]. The van der Waals surface area contributed by atoms with Crippen LogP contribution in [0.4, 0.5) is 0 Å². The zero-order valence-corrected chi connectivity index (χ0v) is 12.9. The molecule has 5 heteroatoms. The molecule has 2 heterocycles. The largest absolute Gasteiger partial charge is 0.343 e. The van der Waals surface area contributed by atoms with Gasteiger partial charge in [0, 0.05) is 47.0 Å². The summed E-state index contributed by atoms with van der Waals surface area (Å²) in [6.45, 7) is 3.62. The predicted molar refractivity (Wildman–Crippen MR) is 44.0 cm³/mol. The fraction of sp³-hybridized carbons (Fsp3) is 0. The van der Waals surface area contributed by atoms with Crippen molar-refractivity contribution in [3.8, 4) is 0 Å². The minimum atomic E-state index is 0. The van der Waals surface area contributed by atoms with Crippen LogP contribution in [0.5, 0.6) is 0 Å². The molecule has 1 N–H and O–H groups in total. The summed E-state index contributed by atoms with van der Waals surface area (Å²) in [5, 5.41) is 0. The molecule has 0 aliphatic rings. The van der Waals surface area contributed by atoms with Crippen molar-refractivity contribution < 1.29 is 47.0 Å². The minimum absolute atomic E-state index is 0. The molecule has 0 atom stereocenters. The van der Waals surface area contributed by atoms with Crippen LogP contribution in [0.3, 0.4) is 0 Å². The van der Waals surface area contributed by atoms with E-state index in [0.717, 1.165) is 16.9 Å². The predicted octanol–water partition coefficient (Wildman–Crippen LogP) is 1.60. The fourth-order valence-electron chi connectivity index (χ4n) is 0.951. The quantitative estimate of drug-likeness (QED) is 0.679. The molecule has 64 valence electrons. The Morgan fingerprint density at radius 1 is 1.38 bits per heavy atom. The zero-order chi connectivity index (χ0) is 7.68. The van der Waals surface area contributed by atoms with Crippen molar-refractivity contribution in [2.45, 2.75) is 0 Å². The minimum Gasteiger partial charge on any atom is -0.343 e. The maximum absolute atomic E-state index is 4.19. The summed E-state index contributed by atoms with van der Waals surface area (Å²) in [5.41, 5.74) is 2.54. The molecule has 0 saturated heterocycles. The molecule has 0 saturated carbocycles. The van der Waals surface area contributed by atoms with Crippen molar-refractivity contribution in [2.24, 2.45) is 0 Å². The Kier molecular flexibility index (Phi) is 5.49. The van der Waals surface area contributed by atoms with Crippen LogP contribution in [-0.2, 0) is 32.7 Å². The van der Waals surface area contributed by atoms with Crippen molar-refractivity contribution in [3.05, 3.63) is 30.7 Å². The molecule has 2 radical (unpaired) electrons. The monoisotopic (exact) mass is 475 g/mol. The summed E-state index contributed by atoms with van der Waals surface area (Å²) < 4.78 is 0. The molecule has 2 aromatic rings. The van der Waals surface area contributed by atoms with E-state index in [0.29, 0.717) is 0 Å². The molecule has 0 fully saturated rings. The van der Waals surface area contributed by atoms with Crippen molar-refractivity contribution in [3.63, 3.8) is 0 Å². The van der Waals surface area contributed by atoms with Crippen LogP contribution >= 0.6 is 0 Å². The van der Waals surface area contributed by atoms with E-state index in [1.54, 1.807) is 12.4 Å². The first-order valence-corrected chi connectivity index (χ1v) is 3.33. The van der Waals surface area contributed by atoms with Gasteiger partial charge in [0.05, 0.1) is 17.5 Å². The van der Waals surface area contributed by atoms with Gasteiger partial charge in [0.2, 0.25) is 0 Å². The van der Waals surface area contributed by atoms with E-state index < -0.39 is 0 Å². The number of fused-ring (bicyclic) bond motifs is 1. The van der Waals surface area contributed by atoms with Gasteiger partial charge in [-0.3, -0.25) is 0 Å². The summed E-state index contributed by atoms with van der Waals surface area (Å²) in [6.07, 6.45) is 3.33. The summed E-state index contributed by atoms with van der Waals surface area (Å²) in [6, 6.07) is 3.83. The molecule has 0 aliphatic heterocycles. The van der Waals surface area contributed by atoms with Crippen LogP contribution in [-0.4, -0.2) is 15.0 Å². The van der Waals surface area contributed by atoms with Gasteiger partial charge in [-0.25, -0.2) is 9.97 Å². The zero-order valence-electron chi connectivity index (χ0n) is 6.87. The topological polar surface area (TPSA) is 41.6 Å². The van der Waals surface area contributed by atoms with Crippen LogP contribution in [0.2, 0.25) is 0 Å². The Morgan fingerprint density at radius 2 is 2.15 bits per heavy atom. The van der Waals surface area contributed by atoms with Gasteiger partial charge in [-0.05, 0) is 18.2 Å². The Labute approximate surface area is 109 Å². The second kappa shape index (κ2) is 5.56. The van der Waals surface area contributed by atoms with Gasteiger partial charge < -0.3 is 4.98 Å². The van der Waals surface area contributed by atoms with Crippen LogP contribution in [0, 0.1) is 14.3 Å². The number of rotatable bonds is 1. The number of H-pyrrole nitrogens is 1. The molecular formula is C8H7AmN3Y. The first kappa shape index (κ1) is 12.9. The average molecular weight is 477 g/mol. The van der Waals surface area contributed by atoms with E-state index in [1.165, 1.54) is 0 Å².